The van der Waals surface area contributed by atoms with Gasteiger partial charge in [0.25, 0.3) is 0 Å². The molecule has 1 atom stereocenters. The van der Waals surface area contributed by atoms with E-state index >= 15 is 0 Å². The molecule has 2 aromatic rings. The zero-order chi connectivity index (χ0) is 15.9. The van der Waals surface area contributed by atoms with Crippen LogP contribution < -0.4 is 10.1 Å². The van der Waals surface area contributed by atoms with Crippen LogP contribution in [0.3, 0.4) is 0 Å². The van der Waals surface area contributed by atoms with Gasteiger partial charge in [-0.25, -0.2) is 4.39 Å². The van der Waals surface area contributed by atoms with Gasteiger partial charge in [-0.3, -0.25) is 4.79 Å². The first-order valence-electron chi connectivity index (χ1n) is 7.29. The van der Waals surface area contributed by atoms with Gasteiger partial charge in [0.15, 0.2) is 0 Å². The Bertz CT molecular complexity index is 625. The van der Waals surface area contributed by atoms with Gasteiger partial charge in [0.05, 0.1) is 19.1 Å². The van der Waals surface area contributed by atoms with Crippen molar-refractivity contribution in [3.63, 3.8) is 0 Å². The third kappa shape index (κ3) is 4.88. The molecule has 3 nitrogen and oxygen atoms in total. The highest BCUT2D eigenvalue weighted by Gasteiger charge is 2.09. The first kappa shape index (κ1) is 16.0. The molecule has 0 bridgehead atoms. The zero-order valence-electron chi connectivity index (χ0n) is 12.8. The fourth-order valence-corrected chi connectivity index (χ4v) is 2.12. The van der Waals surface area contributed by atoms with Crippen molar-refractivity contribution in [2.24, 2.45) is 0 Å². The smallest absolute Gasteiger partial charge is 0.223 e. The minimum Gasteiger partial charge on any atom is -0.493 e. The lowest BCUT2D eigenvalue weighted by Gasteiger charge is -2.14. The highest BCUT2D eigenvalue weighted by molar-refractivity contribution is 5.76. The standard InChI is InChI=1S/C18H20FNO2/c1-13-4-3-5-17(12-13)22-11-10-18(21)20-14(2)15-6-8-16(19)9-7-15/h3-9,12,14H,10-11H2,1-2H3,(H,20,21)/t14-/m1/s1. The average molecular weight is 301 g/mol. The highest BCUT2D eigenvalue weighted by atomic mass is 19.1. The number of nitrogens with one attached hydrogen (secondary N) is 1. The molecule has 1 N–H and O–H groups in total. The summed E-state index contributed by atoms with van der Waals surface area (Å²) in [6.07, 6.45) is 0.277. The Labute approximate surface area is 130 Å². The minimum absolute atomic E-state index is 0.0931. The number of aryl methyl sites for hydroxylation is 1. The SMILES string of the molecule is Cc1cccc(OCCC(=O)N[C@H](C)c2ccc(F)cc2)c1. The molecule has 0 spiro atoms. The number of benzene rings is 2. The lowest BCUT2D eigenvalue weighted by Crippen LogP contribution is -2.27. The van der Waals surface area contributed by atoms with E-state index in [1.807, 2.05) is 38.1 Å². The van der Waals surface area contributed by atoms with Gasteiger partial charge in [0.2, 0.25) is 5.91 Å². The first-order chi connectivity index (χ1) is 10.5. The lowest BCUT2D eigenvalue weighted by atomic mass is 10.1. The fraction of sp³-hybridized carbons (Fsp3) is 0.278. The molecule has 22 heavy (non-hydrogen) atoms. The van der Waals surface area contributed by atoms with Crippen LogP contribution in [-0.2, 0) is 4.79 Å². The summed E-state index contributed by atoms with van der Waals surface area (Å²) in [6.45, 7) is 4.18. The summed E-state index contributed by atoms with van der Waals surface area (Å²) in [4.78, 5) is 11.9. The first-order valence-corrected chi connectivity index (χ1v) is 7.29. The normalized spacial score (nSPS) is 11.8. The molecule has 0 fully saturated rings. The number of ether oxygens (including phenoxy) is 1. The van der Waals surface area contributed by atoms with Gasteiger partial charge in [0, 0.05) is 0 Å². The van der Waals surface area contributed by atoms with E-state index in [-0.39, 0.29) is 24.2 Å². The van der Waals surface area contributed by atoms with Gasteiger partial charge in [-0.2, -0.15) is 0 Å². The van der Waals surface area contributed by atoms with E-state index in [1.165, 1.54) is 12.1 Å². The van der Waals surface area contributed by atoms with Gasteiger partial charge in [-0.1, -0.05) is 24.3 Å². The predicted octanol–water partition coefficient (Wildman–Crippen LogP) is 3.78. The summed E-state index contributed by atoms with van der Waals surface area (Å²) < 4.78 is 18.4. The van der Waals surface area contributed by atoms with Crippen molar-refractivity contribution in [3.05, 3.63) is 65.5 Å². The molecule has 0 heterocycles. The van der Waals surface area contributed by atoms with Crippen LogP contribution in [0.2, 0.25) is 0 Å². The fourth-order valence-electron chi connectivity index (χ4n) is 2.12. The molecule has 0 aliphatic rings. The van der Waals surface area contributed by atoms with Crippen LogP contribution in [0.4, 0.5) is 4.39 Å². The van der Waals surface area contributed by atoms with Gasteiger partial charge >= 0.3 is 0 Å². The Morgan fingerprint density at radius 3 is 2.64 bits per heavy atom. The number of carbonyl (C=O) groups excluding carboxylic acids is 1. The lowest BCUT2D eigenvalue weighted by molar-refractivity contribution is -0.122. The van der Waals surface area contributed by atoms with Crippen molar-refractivity contribution in [1.82, 2.24) is 5.32 Å². The third-order valence-electron chi connectivity index (χ3n) is 3.33. The number of hydrogen-bond donors (Lipinski definition) is 1. The molecule has 2 aromatic carbocycles. The van der Waals surface area contributed by atoms with Crippen molar-refractivity contribution in [3.8, 4) is 5.75 Å². The van der Waals surface area contributed by atoms with E-state index in [1.54, 1.807) is 12.1 Å². The summed E-state index contributed by atoms with van der Waals surface area (Å²) in [5, 5.41) is 2.87. The third-order valence-corrected chi connectivity index (χ3v) is 3.33. The van der Waals surface area contributed by atoms with Crippen LogP contribution in [0.15, 0.2) is 48.5 Å². The maximum absolute atomic E-state index is 12.9. The molecule has 0 aromatic heterocycles. The van der Waals surface area contributed by atoms with Gasteiger partial charge in [0.1, 0.15) is 11.6 Å². The molecular formula is C18H20FNO2. The average Bonchev–Trinajstić information content (AvgIpc) is 2.48. The molecule has 0 aliphatic carbocycles. The zero-order valence-corrected chi connectivity index (χ0v) is 12.8. The second-order valence-corrected chi connectivity index (χ2v) is 5.26. The number of halogens is 1. The van der Waals surface area contributed by atoms with E-state index in [9.17, 15) is 9.18 Å². The Kier molecular flexibility index (Phi) is 5.53. The monoisotopic (exact) mass is 301 g/mol. The van der Waals surface area contributed by atoms with E-state index < -0.39 is 0 Å². The Morgan fingerprint density at radius 1 is 1.23 bits per heavy atom. The topological polar surface area (TPSA) is 38.3 Å². The van der Waals surface area contributed by atoms with E-state index in [4.69, 9.17) is 4.74 Å². The Morgan fingerprint density at radius 2 is 1.95 bits per heavy atom. The van der Waals surface area contributed by atoms with Crippen LogP contribution >= 0.6 is 0 Å². The van der Waals surface area contributed by atoms with Gasteiger partial charge in [-0.05, 0) is 49.2 Å². The quantitative estimate of drug-likeness (QED) is 0.881. The highest BCUT2D eigenvalue weighted by Crippen LogP contribution is 2.14. The molecular weight excluding hydrogens is 281 g/mol. The molecule has 0 saturated heterocycles. The molecule has 1 amide bonds. The van der Waals surface area contributed by atoms with Crippen molar-refractivity contribution in [1.29, 1.82) is 0 Å². The second kappa shape index (κ2) is 7.59. The van der Waals surface area contributed by atoms with Gasteiger partial charge < -0.3 is 10.1 Å². The molecule has 0 aliphatic heterocycles. The van der Waals surface area contributed by atoms with E-state index in [0.717, 1.165) is 16.9 Å². The molecule has 2 rings (SSSR count). The van der Waals surface area contributed by atoms with E-state index in [0.29, 0.717) is 6.61 Å². The van der Waals surface area contributed by atoms with Crippen LogP contribution in [0, 0.1) is 12.7 Å². The van der Waals surface area contributed by atoms with Crippen LogP contribution in [-0.4, -0.2) is 12.5 Å². The summed E-state index contributed by atoms with van der Waals surface area (Å²) in [7, 11) is 0. The number of rotatable bonds is 6. The Hall–Kier alpha value is -2.36. The second-order valence-electron chi connectivity index (χ2n) is 5.26. The summed E-state index contributed by atoms with van der Waals surface area (Å²) in [5.41, 5.74) is 1.99. The summed E-state index contributed by atoms with van der Waals surface area (Å²) in [5.74, 6) is 0.387. The molecule has 0 radical (unpaired) electrons. The van der Waals surface area contributed by atoms with Gasteiger partial charge in [-0.15, -0.1) is 0 Å². The van der Waals surface area contributed by atoms with Crippen LogP contribution in [0.25, 0.3) is 0 Å². The predicted molar refractivity (Wildman–Crippen MR) is 84.2 cm³/mol. The van der Waals surface area contributed by atoms with Crippen LogP contribution in [0.1, 0.15) is 30.5 Å². The molecule has 116 valence electrons. The van der Waals surface area contributed by atoms with Crippen LogP contribution in [0.5, 0.6) is 5.75 Å². The van der Waals surface area contributed by atoms with Crippen molar-refractivity contribution in [2.75, 3.05) is 6.61 Å². The maximum Gasteiger partial charge on any atom is 0.223 e. The number of carbonyl (C=O) groups is 1. The van der Waals surface area contributed by atoms with Crippen molar-refractivity contribution in [2.45, 2.75) is 26.3 Å². The van der Waals surface area contributed by atoms with E-state index in [2.05, 4.69) is 5.32 Å². The number of hydrogen-bond acceptors (Lipinski definition) is 2. The molecule has 0 unspecified atom stereocenters. The van der Waals surface area contributed by atoms with Crippen molar-refractivity contribution < 1.29 is 13.9 Å². The Balaban J connectivity index is 1.76. The maximum atomic E-state index is 12.9. The number of amides is 1. The molecule has 4 heteroatoms. The summed E-state index contributed by atoms with van der Waals surface area (Å²) >= 11 is 0. The van der Waals surface area contributed by atoms with Crippen molar-refractivity contribution >= 4 is 5.91 Å². The minimum atomic E-state index is -0.283. The molecule has 0 saturated carbocycles. The summed E-state index contributed by atoms with van der Waals surface area (Å²) in [6, 6.07) is 13.7. The largest absolute Gasteiger partial charge is 0.493 e.